The second-order valence-corrected chi connectivity index (χ2v) is 7.28. The van der Waals surface area contributed by atoms with Gasteiger partial charge in [0.05, 0.1) is 11.1 Å². The normalized spacial score (nSPS) is 9.97. The van der Waals surface area contributed by atoms with E-state index in [9.17, 15) is 14.0 Å². The molecule has 3 rings (SSSR count). The molecule has 0 atom stereocenters. The molecule has 0 aliphatic carbocycles. The van der Waals surface area contributed by atoms with E-state index in [1.54, 1.807) is 60.7 Å². The average molecular weight is 521 g/mol. The zero-order valence-electron chi connectivity index (χ0n) is 20.6. The molecular formula is C32H21FO6. The number of hydrogen-bond donors (Lipinski definition) is 0. The van der Waals surface area contributed by atoms with Gasteiger partial charge in [-0.25, -0.2) is 14.0 Å². The summed E-state index contributed by atoms with van der Waals surface area (Å²) in [5.74, 6) is 10.7. The summed E-state index contributed by atoms with van der Waals surface area (Å²) in [6, 6.07) is 18.3. The Morgan fingerprint density at radius 2 is 1.26 bits per heavy atom. The van der Waals surface area contributed by atoms with Crippen LogP contribution >= 0.6 is 0 Å². The maximum absolute atomic E-state index is 14.7. The van der Waals surface area contributed by atoms with Gasteiger partial charge in [-0.2, -0.15) is 0 Å². The lowest BCUT2D eigenvalue weighted by atomic mass is 10.1. The van der Waals surface area contributed by atoms with Crippen LogP contribution in [0.2, 0.25) is 0 Å². The van der Waals surface area contributed by atoms with Crippen molar-refractivity contribution < 1.29 is 32.9 Å². The molecular weight excluding hydrogens is 499 g/mol. The van der Waals surface area contributed by atoms with Crippen LogP contribution in [-0.4, -0.2) is 11.9 Å². The lowest BCUT2D eigenvalue weighted by molar-refractivity contribution is -0.133. The fourth-order valence-corrected chi connectivity index (χ4v) is 2.76. The molecule has 0 N–H and O–H groups in total. The van der Waals surface area contributed by atoms with E-state index < -0.39 is 17.8 Å². The first kappa shape index (κ1) is 27.8. The summed E-state index contributed by atoms with van der Waals surface area (Å²) in [5, 5.41) is 0. The molecule has 192 valence electrons. The summed E-state index contributed by atoms with van der Waals surface area (Å²) in [6.45, 7) is 6.58. The van der Waals surface area contributed by atoms with Crippen molar-refractivity contribution in [3.8, 4) is 35.2 Å². The number of ether oxygens (including phenoxy) is 4. The zero-order valence-corrected chi connectivity index (χ0v) is 20.6. The van der Waals surface area contributed by atoms with Crippen LogP contribution in [0.1, 0.15) is 22.3 Å². The van der Waals surface area contributed by atoms with E-state index in [2.05, 4.69) is 41.6 Å². The summed E-state index contributed by atoms with van der Waals surface area (Å²) >= 11 is 0. The van der Waals surface area contributed by atoms with E-state index in [-0.39, 0.29) is 5.56 Å². The van der Waals surface area contributed by atoms with Crippen LogP contribution in [0.15, 0.2) is 117 Å². The third kappa shape index (κ3) is 9.30. The van der Waals surface area contributed by atoms with Crippen molar-refractivity contribution in [2.75, 3.05) is 0 Å². The largest absolute Gasteiger partial charge is 0.462 e. The molecule has 0 aromatic heterocycles. The Bertz CT molecular complexity index is 1540. The summed E-state index contributed by atoms with van der Waals surface area (Å²) in [7, 11) is 0. The van der Waals surface area contributed by atoms with Gasteiger partial charge in [-0.15, -0.1) is 0 Å². The molecule has 6 nitrogen and oxygen atoms in total. The predicted octanol–water partition coefficient (Wildman–Crippen LogP) is 5.78. The van der Waals surface area contributed by atoms with Gasteiger partial charge >= 0.3 is 11.9 Å². The Morgan fingerprint density at radius 1 is 0.667 bits per heavy atom. The first-order valence-corrected chi connectivity index (χ1v) is 11.3. The minimum atomic E-state index is -0.617. The molecule has 0 aliphatic heterocycles. The molecule has 0 spiro atoms. The van der Waals surface area contributed by atoms with E-state index in [1.807, 2.05) is 0 Å². The number of benzene rings is 3. The van der Waals surface area contributed by atoms with Crippen LogP contribution in [0.4, 0.5) is 4.39 Å². The standard InChI is InChI=1S/C32H21FO6/c1-3-31(34)38-21-19-36-28-17-12-24(13-18-28)9-10-25-11-14-26(29(33)23-25)15-16-27-7-5-6-8-30(27)37-20-22-39-32(35)4-2/h3-8,11-14,17-23H,1-2H2. The average Bonchev–Trinajstić information content (AvgIpc) is 2.96. The summed E-state index contributed by atoms with van der Waals surface area (Å²) in [6.07, 6.45) is 6.67. The third-order valence-electron chi connectivity index (χ3n) is 4.61. The van der Waals surface area contributed by atoms with Crippen molar-refractivity contribution in [1.82, 2.24) is 0 Å². The number of halogens is 1. The van der Waals surface area contributed by atoms with Gasteiger partial charge in [-0.3, -0.25) is 0 Å². The first-order chi connectivity index (χ1) is 19.0. The maximum atomic E-state index is 14.7. The molecule has 3 aromatic carbocycles. The van der Waals surface area contributed by atoms with Crippen LogP contribution in [-0.2, 0) is 19.1 Å². The van der Waals surface area contributed by atoms with E-state index >= 15 is 0 Å². The highest BCUT2D eigenvalue weighted by Gasteiger charge is 2.02. The zero-order chi connectivity index (χ0) is 27.9. The number of carbonyl (C=O) groups is 2. The Hall–Kier alpha value is -5.79. The lowest BCUT2D eigenvalue weighted by Gasteiger charge is -2.02. The van der Waals surface area contributed by atoms with Gasteiger partial charge in [-0.05, 0) is 54.6 Å². The van der Waals surface area contributed by atoms with Gasteiger partial charge in [0.15, 0.2) is 0 Å². The Kier molecular flexibility index (Phi) is 10.5. The lowest BCUT2D eigenvalue weighted by Crippen LogP contribution is -1.93. The Labute approximate surface area is 225 Å². The molecule has 0 saturated carbocycles. The third-order valence-corrected chi connectivity index (χ3v) is 4.61. The molecule has 0 unspecified atom stereocenters. The molecule has 0 radical (unpaired) electrons. The fraction of sp³-hybridized carbons (Fsp3) is 0. The quantitative estimate of drug-likeness (QED) is 0.162. The van der Waals surface area contributed by atoms with Crippen molar-refractivity contribution in [1.29, 1.82) is 0 Å². The molecule has 0 fully saturated rings. The summed E-state index contributed by atoms with van der Waals surface area (Å²) in [4.78, 5) is 22.0. The molecule has 7 heteroatoms. The van der Waals surface area contributed by atoms with E-state index in [1.165, 1.54) is 18.6 Å². The number of para-hydroxylation sites is 1. The minimum Gasteiger partial charge on any atom is -0.462 e. The highest BCUT2D eigenvalue weighted by molar-refractivity contribution is 5.82. The fourth-order valence-electron chi connectivity index (χ4n) is 2.76. The summed E-state index contributed by atoms with van der Waals surface area (Å²) in [5.41, 5.74) is 1.88. The molecule has 0 bridgehead atoms. The maximum Gasteiger partial charge on any atom is 0.335 e. The number of esters is 2. The molecule has 3 aromatic rings. The molecule has 0 amide bonds. The second kappa shape index (κ2) is 14.7. The van der Waals surface area contributed by atoms with Gasteiger partial charge in [0.25, 0.3) is 0 Å². The number of rotatable bonds is 8. The monoisotopic (exact) mass is 520 g/mol. The van der Waals surface area contributed by atoms with Crippen LogP contribution < -0.4 is 9.47 Å². The number of hydrogen-bond acceptors (Lipinski definition) is 6. The molecule has 39 heavy (non-hydrogen) atoms. The van der Waals surface area contributed by atoms with Crippen molar-refractivity contribution in [3.63, 3.8) is 0 Å². The highest BCUT2D eigenvalue weighted by atomic mass is 19.1. The van der Waals surface area contributed by atoms with E-state index in [0.717, 1.165) is 24.7 Å². The molecule has 0 heterocycles. The van der Waals surface area contributed by atoms with Crippen LogP contribution in [0.5, 0.6) is 11.5 Å². The predicted molar refractivity (Wildman–Crippen MR) is 143 cm³/mol. The van der Waals surface area contributed by atoms with Crippen LogP contribution in [0, 0.1) is 29.5 Å². The van der Waals surface area contributed by atoms with Crippen LogP contribution in [0.25, 0.3) is 0 Å². The first-order valence-electron chi connectivity index (χ1n) is 11.3. The van der Waals surface area contributed by atoms with Crippen molar-refractivity contribution in [3.05, 3.63) is 145 Å². The smallest absolute Gasteiger partial charge is 0.335 e. The molecule has 0 aliphatic rings. The topological polar surface area (TPSA) is 71.1 Å². The van der Waals surface area contributed by atoms with Gasteiger partial charge < -0.3 is 18.9 Å². The van der Waals surface area contributed by atoms with Crippen molar-refractivity contribution >= 4 is 11.9 Å². The number of carbonyl (C=O) groups excluding carboxylic acids is 2. The van der Waals surface area contributed by atoms with Gasteiger partial charge in [0, 0.05) is 23.3 Å². The van der Waals surface area contributed by atoms with E-state index in [0.29, 0.717) is 28.2 Å². The Balaban J connectivity index is 1.64. The minimum absolute atomic E-state index is 0.194. The van der Waals surface area contributed by atoms with E-state index in [4.69, 9.17) is 14.2 Å². The van der Waals surface area contributed by atoms with Crippen molar-refractivity contribution in [2.24, 2.45) is 0 Å². The van der Waals surface area contributed by atoms with Crippen molar-refractivity contribution in [2.45, 2.75) is 0 Å². The van der Waals surface area contributed by atoms with Gasteiger partial charge in [-0.1, -0.05) is 49.0 Å². The molecule has 0 saturated heterocycles. The summed E-state index contributed by atoms with van der Waals surface area (Å²) < 4.78 is 34.8. The highest BCUT2D eigenvalue weighted by Crippen LogP contribution is 2.18. The second-order valence-electron chi connectivity index (χ2n) is 7.28. The van der Waals surface area contributed by atoms with Crippen LogP contribution in [0.3, 0.4) is 0 Å². The van der Waals surface area contributed by atoms with Gasteiger partial charge in [0.1, 0.15) is 42.4 Å². The van der Waals surface area contributed by atoms with Gasteiger partial charge in [0.2, 0.25) is 0 Å². The SMILES string of the molecule is C=CC(=O)OC=COc1ccc(C#Cc2ccc(C#Cc3ccccc3OC=COC(=O)C=C)c(F)c2)cc1. The Morgan fingerprint density at radius 3 is 1.92 bits per heavy atom.